The number of nitrogens with zero attached hydrogens (tertiary/aromatic N) is 3. The minimum Gasteiger partial charge on any atom is -0.496 e. The molecule has 11 heteroatoms. The zero-order valence-electron chi connectivity index (χ0n) is 12.7. The number of hydrogen-bond donors (Lipinski definition) is 0. The first-order valence-electron chi connectivity index (χ1n) is 6.97. The molecule has 1 fully saturated rings. The van der Waals surface area contributed by atoms with Crippen molar-refractivity contribution in [3.8, 4) is 5.75 Å². The summed E-state index contributed by atoms with van der Waals surface area (Å²) in [4.78, 5) is 39.8. The Balaban J connectivity index is 1.87. The minimum absolute atomic E-state index is 0.0840. The van der Waals surface area contributed by atoms with Gasteiger partial charge in [-0.3, -0.25) is 9.59 Å². The second-order valence-electron chi connectivity index (χ2n) is 5.25. The van der Waals surface area contributed by atoms with E-state index in [1.165, 1.54) is 0 Å². The summed E-state index contributed by atoms with van der Waals surface area (Å²) in [5, 5.41) is 6.45. The van der Waals surface area contributed by atoms with E-state index >= 15 is 0 Å². The molecule has 132 valence electrons. The number of alkyl halides is 3. The maximum absolute atomic E-state index is 13.0. The van der Waals surface area contributed by atoms with E-state index in [1.807, 2.05) is 0 Å². The molecule has 0 bridgehead atoms. The summed E-state index contributed by atoms with van der Waals surface area (Å²) in [6, 6.07) is 2.98. The largest absolute Gasteiger partial charge is 0.496 e. The molecule has 8 nitrogen and oxygen atoms in total. The van der Waals surface area contributed by atoms with Crippen LogP contribution in [0.3, 0.4) is 0 Å². The summed E-state index contributed by atoms with van der Waals surface area (Å²) in [7, 11) is 1.14. The number of carbonyl (C=O) groups excluding carboxylic acids is 3. The van der Waals surface area contributed by atoms with E-state index in [9.17, 15) is 27.6 Å². The van der Waals surface area contributed by atoms with Crippen LogP contribution < -0.4 is 4.74 Å². The van der Waals surface area contributed by atoms with Crippen LogP contribution in [0.2, 0.25) is 0 Å². The molecule has 2 aliphatic rings. The fourth-order valence-electron chi connectivity index (χ4n) is 2.31. The maximum Gasteiger partial charge on any atom is 0.442 e. The lowest BCUT2D eigenvalue weighted by Crippen LogP contribution is -2.32. The summed E-state index contributed by atoms with van der Waals surface area (Å²) >= 11 is 0. The van der Waals surface area contributed by atoms with Crippen molar-refractivity contribution in [1.82, 2.24) is 5.06 Å². The smallest absolute Gasteiger partial charge is 0.442 e. The van der Waals surface area contributed by atoms with Crippen molar-refractivity contribution in [2.75, 3.05) is 7.11 Å². The van der Waals surface area contributed by atoms with Crippen LogP contribution in [0.1, 0.15) is 28.8 Å². The summed E-state index contributed by atoms with van der Waals surface area (Å²) in [6.45, 7) is 0. The molecule has 0 unspecified atom stereocenters. The Morgan fingerprint density at radius 3 is 2.28 bits per heavy atom. The van der Waals surface area contributed by atoms with Gasteiger partial charge in [0.05, 0.1) is 7.11 Å². The number of rotatable bonds is 4. The molecule has 0 aromatic heterocycles. The second kappa shape index (κ2) is 5.53. The molecule has 0 saturated carbocycles. The van der Waals surface area contributed by atoms with Crippen molar-refractivity contribution in [3.05, 3.63) is 29.3 Å². The minimum atomic E-state index is -4.73. The summed E-state index contributed by atoms with van der Waals surface area (Å²) in [5.74, 6) is -2.71. The number of hydroxylamine groups is 2. The molecule has 2 aliphatic heterocycles. The summed E-state index contributed by atoms with van der Waals surface area (Å²) in [6.07, 6.45) is -4.90. The highest BCUT2D eigenvalue weighted by Crippen LogP contribution is 2.53. The van der Waals surface area contributed by atoms with Crippen molar-refractivity contribution >= 4 is 17.8 Å². The van der Waals surface area contributed by atoms with Crippen molar-refractivity contribution in [3.63, 3.8) is 0 Å². The lowest BCUT2D eigenvalue weighted by atomic mass is 10.0. The predicted octanol–water partition coefficient (Wildman–Crippen LogP) is 2.10. The third kappa shape index (κ3) is 2.71. The molecule has 3 rings (SSSR count). The fourth-order valence-corrected chi connectivity index (χ4v) is 2.31. The van der Waals surface area contributed by atoms with Crippen LogP contribution in [0.25, 0.3) is 0 Å². The van der Waals surface area contributed by atoms with Gasteiger partial charge in [0, 0.05) is 18.4 Å². The average Bonchev–Trinajstić information content (AvgIpc) is 3.32. The first kappa shape index (κ1) is 16.9. The van der Waals surface area contributed by atoms with E-state index in [-0.39, 0.29) is 29.7 Å². The Hall–Kier alpha value is -2.98. The maximum atomic E-state index is 13.0. The monoisotopic (exact) mass is 357 g/mol. The Bertz CT molecular complexity index is 783. The highest BCUT2D eigenvalue weighted by Gasteiger charge is 2.65. The molecular formula is C14H10F3N3O5. The van der Waals surface area contributed by atoms with Gasteiger partial charge >= 0.3 is 17.8 Å². The Morgan fingerprint density at radius 1 is 1.20 bits per heavy atom. The van der Waals surface area contributed by atoms with Crippen molar-refractivity contribution in [2.45, 2.75) is 24.7 Å². The van der Waals surface area contributed by atoms with E-state index in [0.717, 1.165) is 25.3 Å². The van der Waals surface area contributed by atoms with E-state index in [4.69, 9.17) is 9.57 Å². The van der Waals surface area contributed by atoms with Crippen LogP contribution in [-0.4, -0.2) is 36.1 Å². The molecular weight excluding hydrogens is 347 g/mol. The van der Waals surface area contributed by atoms with Gasteiger partial charge in [0.25, 0.3) is 11.8 Å². The van der Waals surface area contributed by atoms with Crippen LogP contribution in [0, 0.1) is 0 Å². The zero-order valence-corrected chi connectivity index (χ0v) is 12.7. The Labute approximate surface area is 138 Å². The van der Waals surface area contributed by atoms with Crippen LogP contribution in [0.4, 0.5) is 13.2 Å². The van der Waals surface area contributed by atoms with Gasteiger partial charge in [0.1, 0.15) is 11.3 Å². The van der Waals surface area contributed by atoms with E-state index in [0.29, 0.717) is 5.06 Å². The van der Waals surface area contributed by atoms with Gasteiger partial charge in [-0.05, 0) is 12.1 Å². The first-order valence-corrected chi connectivity index (χ1v) is 6.97. The molecule has 0 aliphatic carbocycles. The Morgan fingerprint density at radius 2 is 1.80 bits per heavy atom. The van der Waals surface area contributed by atoms with Gasteiger partial charge < -0.3 is 9.57 Å². The number of benzene rings is 1. The van der Waals surface area contributed by atoms with Crippen molar-refractivity contribution in [1.29, 1.82) is 0 Å². The van der Waals surface area contributed by atoms with Gasteiger partial charge in [0.2, 0.25) is 0 Å². The fraction of sp³-hybridized carbons (Fsp3) is 0.357. The molecule has 1 aromatic rings. The van der Waals surface area contributed by atoms with Crippen LogP contribution in [0.5, 0.6) is 5.75 Å². The van der Waals surface area contributed by atoms with Gasteiger partial charge in [-0.1, -0.05) is 6.07 Å². The predicted molar refractivity (Wildman–Crippen MR) is 72.1 cm³/mol. The van der Waals surface area contributed by atoms with Crippen molar-refractivity contribution in [2.24, 2.45) is 10.2 Å². The SMILES string of the molecule is COc1cc(C2(C(F)(F)F)N=N2)ccc1C(=O)ON1C(=O)CCC1=O. The normalized spacial score (nSPS) is 18.5. The van der Waals surface area contributed by atoms with E-state index in [1.54, 1.807) is 0 Å². The topological polar surface area (TPSA) is 97.6 Å². The zero-order chi connectivity index (χ0) is 18.4. The molecule has 0 N–H and O–H groups in total. The molecule has 0 spiro atoms. The molecule has 1 saturated heterocycles. The number of halogens is 3. The molecule has 2 amide bonds. The quantitative estimate of drug-likeness (QED) is 0.769. The van der Waals surface area contributed by atoms with Crippen LogP contribution in [-0.2, 0) is 20.1 Å². The summed E-state index contributed by atoms with van der Waals surface area (Å²) < 4.78 is 44.0. The standard InChI is InChI=1S/C14H10F3N3O5/c1-24-9-6-7(13(18-19-13)14(15,16)17)2-3-8(9)12(23)25-20-10(21)4-5-11(20)22/h2-3,6H,4-5H2,1H3. The average molecular weight is 357 g/mol. The second-order valence-corrected chi connectivity index (χ2v) is 5.25. The lowest BCUT2D eigenvalue weighted by Gasteiger charge is -2.17. The number of imide groups is 1. The molecule has 0 radical (unpaired) electrons. The molecule has 1 aromatic carbocycles. The number of methoxy groups -OCH3 is 1. The Kier molecular flexibility index (Phi) is 3.73. The van der Waals surface area contributed by atoms with Crippen LogP contribution in [0.15, 0.2) is 28.4 Å². The van der Waals surface area contributed by atoms with Crippen LogP contribution >= 0.6 is 0 Å². The third-order valence-electron chi connectivity index (χ3n) is 3.70. The van der Waals surface area contributed by atoms with Gasteiger partial charge in [-0.25, -0.2) is 4.79 Å². The highest BCUT2D eigenvalue weighted by molar-refractivity contribution is 6.03. The first-order chi connectivity index (χ1) is 11.7. The van der Waals surface area contributed by atoms with Gasteiger partial charge in [-0.15, -0.1) is 15.3 Å². The van der Waals surface area contributed by atoms with E-state index < -0.39 is 29.6 Å². The molecule has 25 heavy (non-hydrogen) atoms. The number of amides is 2. The third-order valence-corrected chi connectivity index (χ3v) is 3.70. The number of hydrogen-bond acceptors (Lipinski definition) is 7. The van der Waals surface area contributed by atoms with Crippen molar-refractivity contribution < 1.29 is 37.1 Å². The lowest BCUT2D eigenvalue weighted by molar-refractivity contribution is -0.172. The van der Waals surface area contributed by atoms with Gasteiger partial charge in [0.15, 0.2) is 0 Å². The summed E-state index contributed by atoms with van der Waals surface area (Å²) in [5.41, 5.74) is -3.25. The van der Waals surface area contributed by atoms with Gasteiger partial charge in [-0.2, -0.15) is 13.2 Å². The number of carbonyl (C=O) groups is 3. The number of ether oxygens (including phenoxy) is 1. The van der Waals surface area contributed by atoms with E-state index in [2.05, 4.69) is 10.2 Å². The highest BCUT2D eigenvalue weighted by atomic mass is 19.4. The molecule has 0 atom stereocenters. The molecule has 2 heterocycles.